The molecule has 240 valence electrons. The second-order valence-electron chi connectivity index (χ2n) is 8.92. The number of hydrogen-bond donors (Lipinski definition) is 4. The summed E-state index contributed by atoms with van der Waals surface area (Å²) in [5.74, 6) is -4.98. The Bertz CT molecular complexity index is 2060. The molecular formula is C25H18N6Na2O13S2. The normalized spacial score (nSPS) is 11.1. The molecule has 0 spiro atoms. The van der Waals surface area contributed by atoms with Gasteiger partial charge in [-0.3, -0.25) is 29.2 Å². The number of fused-ring (bicyclic) bond motifs is 1. The van der Waals surface area contributed by atoms with E-state index in [0.717, 1.165) is 23.1 Å². The van der Waals surface area contributed by atoms with E-state index in [-0.39, 0.29) is 98.3 Å². The summed E-state index contributed by atoms with van der Waals surface area (Å²) >= 11 is 0.164. The number of amides is 1. The van der Waals surface area contributed by atoms with E-state index in [2.05, 4.69) is 24.6 Å². The van der Waals surface area contributed by atoms with Gasteiger partial charge in [0, 0.05) is 11.6 Å². The number of rotatable bonds is 13. The van der Waals surface area contributed by atoms with Crippen LogP contribution >= 0.6 is 12.0 Å². The summed E-state index contributed by atoms with van der Waals surface area (Å²) < 4.78 is 39.7. The van der Waals surface area contributed by atoms with Crippen molar-refractivity contribution in [1.82, 2.24) is 9.55 Å². The van der Waals surface area contributed by atoms with Gasteiger partial charge in [0.2, 0.25) is 5.88 Å². The van der Waals surface area contributed by atoms with Crippen LogP contribution in [0.15, 0.2) is 79.5 Å². The molecule has 4 aromatic rings. The first-order valence-corrected chi connectivity index (χ1v) is 14.4. The van der Waals surface area contributed by atoms with Crippen molar-refractivity contribution in [2.45, 2.75) is 9.79 Å². The maximum absolute atomic E-state index is 13.6. The Kier molecular flexibility index (Phi) is 14.7. The second-order valence-corrected chi connectivity index (χ2v) is 11.0. The molecule has 2 aromatic carbocycles. The van der Waals surface area contributed by atoms with Crippen LogP contribution in [0.25, 0.3) is 16.6 Å². The summed E-state index contributed by atoms with van der Waals surface area (Å²) in [6.45, 7) is -1.36. The summed E-state index contributed by atoms with van der Waals surface area (Å²) in [6.07, 6.45) is 1.36. The zero-order valence-corrected chi connectivity index (χ0v) is 30.3. The number of carboxylic acid groups (broad SMARTS) is 2. The number of aliphatic carboxylic acids is 2. The molecule has 0 radical (unpaired) electrons. The maximum atomic E-state index is 13.6. The Hall–Kier alpha value is -3.45. The summed E-state index contributed by atoms with van der Waals surface area (Å²) in [5.41, 5.74) is 2.55. The molecule has 2 heterocycles. The van der Waals surface area contributed by atoms with E-state index in [9.17, 15) is 52.7 Å². The molecular weight excluding hydrogens is 702 g/mol. The molecule has 0 fully saturated rings. The van der Waals surface area contributed by atoms with Crippen LogP contribution in [-0.2, 0) is 29.1 Å². The SMILES string of the molecule is NC(=O)c1cc(N=Nc2ccc(N(CC(=O)O)CC(=O)O)c3ncccc23)c(=O)n(-c2cc(S(=O)(=O)[O-])ccc2SOO[O-])c1O.[Na+].[Na+]. The molecule has 0 saturated heterocycles. The molecule has 48 heavy (non-hydrogen) atoms. The quantitative estimate of drug-likeness (QED) is 0.0250. The summed E-state index contributed by atoms with van der Waals surface area (Å²) in [4.78, 5) is 52.7. The van der Waals surface area contributed by atoms with Gasteiger partial charge in [0.1, 0.15) is 28.8 Å². The number of carbonyl (C=O) groups excluding carboxylic acids is 1. The van der Waals surface area contributed by atoms with Crippen molar-refractivity contribution in [1.29, 1.82) is 0 Å². The van der Waals surface area contributed by atoms with E-state index in [1.165, 1.54) is 30.5 Å². The number of carbonyl (C=O) groups is 3. The average Bonchev–Trinajstić information content (AvgIpc) is 2.98. The van der Waals surface area contributed by atoms with Gasteiger partial charge in [-0.1, -0.05) is 0 Å². The van der Waals surface area contributed by atoms with Crippen LogP contribution in [0.1, 0.15) is 10.4 Å². The van der Waals surface area contributed by atoms with Crippen molar-refractivity contribution < 1.29 is 116 Å². The summed E-state index contributed by atoms with van der Waals surface area (Å²) in [7, 11) is -5.12. The van der Waals surface area contributed by atoms with Crippen LogP contribution in [-0.4, -0.2) is 68.8 Å². The molecule has 0 aliphatic rings. The number of aromatic nitrogens is 2. The molecule has 2 aromatic heterocycles. The van der Waals surface area contributed by atoms with Crippen molar-refractivity contribution in [2.75, 3.05) is 18.0 Å². The molecule has 0 atom stereocenters. The molecule has 0 saturated carbocycles. The fourth-order valence-corrected chi connectivity index (χ4v) is 5.12. The molecule has 19 nitrogen and oxygen atoms in total. The van der Waals surface area contributed by atoms with Crippen molar-refractivity contribution in [3.63, 3.8) is 0 Å². The smallest absolute Gasteiger partial charge is 0.744 e. The number of carboxylic acids is 2. The Morgan fingerprint density at radius 3 is 2.25 bits per heavy atom. The Balaban J connectivity index is 0.00000400. The number of nitrogens with two attached hydrogens (primary N) is 1. The zero-order chi connectivity index (χ0) is 33.8. The molecule has 0 bridgehead atoms. The van der Waals surface area contributed by atoms with Gasteiger partial charge in [0.25, 0.3) is 11.5 Å². The number of primary amides is 1. The van der Waals surface area contributed by atoms with Gasteiger partial charge >= 0.3 is 71.1 Å². The average molecular weight is 721 g/mol. The Morgan fingerprint density at radius 2 is 1.67 bits per heavy atom. The van der Waals surface area contributed by atoms with E-state index >= 15 is 0 Å². The van der Waals surface area contributed by atoms with Crippen LogP contribution in [0.2, 0.25) is 0 Å². The van der Waals surface area contributed by atoms with E-state index < -0.39 is 74.3 Å². The van der Waals surface area contributed by atoms with Crippen LogP contribution in [0.4, 0.5) is 17.1 Å². The van der Waals surface area contributed by atoms with Gasteiger partial charge in [-0.25, -0.2) is 13.0 Å². The predicted molar refractivity (Wildman–Crippen MR) is 152 cm³/mol. The maximum Gasteiger partial charge on any atom is 1.00 e. The first kappa shape index (κ1) is 40.7. The largest absolute Gasteiger partial charge is 1.00 e. The minimum absolute atomic E-state index is 0. The molecule has 5 N–H and O–H groups in total. The Morgan fingerprint density at radius 1 is 1.02 bits per heavy atom. The van der Waals surface area contributed by atoms with Crippen LogP contribution in [0.3, 0.4) is 0 Å². The fourth-order valence-electron chi connectivity index (χ4n) is 4.16. The third-order valence-electron chi connectivity index (χ3n) is 6.02. The number of hydrogen-bond acceptors (Lipinski definition) is 16. The topological polar surface area (TPSA) is 299 Å². The van der Waals surface area contributed by atoms with Crippen molar-refractivity contribution in [3.05, 3.63) is 70.6 Å². The minimum Gasteiger partial charge on any atom is -0.744 e. The van der Waals surface area contributed by atoms with Gasteiger partial charge in [-0.05, 0) is 48.5 Å². The van der Waals surface area contributed by atoms with E-state index in [0.29, 0.717) is 10.6 Å². The molecule has 0 aliphatic heterocycles. The molecule has 0 aliphatic carbocycles. The van der Waals surface area contributed by atoms with Gasteiger partial charge in [-0.2, -0.15) is 4.33 Å². The number of azo groups is 1. The predicted octanol–water partition coefficient (Wildman–Crippen LogP) is -5.28. The Labute approximate surface area is 317 Å². The van der Waals surface area contributed by atoms with Crippen LogP contribution in [0, 0.1) is 0 Å². The molecule has 0 unspecified atom stereocenters. The number of pyridine rings is 2. The van der Waals surface area contributed by atoms with Gasteiger partial charge in [0.15, 0.2) is 5.69 Å². The monoisotopic (exact) mass is 720 g/mol. The molecule has 23 heteroatoms. The molecule has 1 amide bonds. The number of anilines is 1. The van der Waals surface area contributed by atoms with Crippen molar-refractivity contribution in [3.8, 4) is 11.6 Å². The van der Waals surface area contributed by atoms with Gasteiger partial charge in [0.05, 0.1) is 44.4 Å². The summed E-state index contributed by atoms with van der Waals surface area (Å²) in [5, 5.41) is 51.2. The third-order valence-corrected chi connectivity index (χ3v) is 7.50. The zero-order valence-electron chi connectivity index (χ0n) is 24.7. The number of aromatic hydroxyl groups is 1. The summed E-state index contributed by atoms with van der Waals surface area (Å²) in [6, 6.07) is 8.86. The second kappa shape index (κ2) is 17.3. The standard InChI is InChI=1S/C25H20N6O13S2.2Na/c26-23(36)14-9-16(25(38)31(24(14)37)18-8-12(46(40,41)42)3-6-19(18)45-44-43-39)29-28-15-4-5-17(22-13(15)2-1-7-27-22)30(10-20(32)33)11-21(34)35;;/h1-9,37,39H,10-11H2,(H2,26,36)(H,32,33)(H,34,35)(H,40,41,42);;/q;2*+1/p-2. The van der Waals surface area contributed by atoms with Crippen LogP contribution in [0.5, 0.6) is 5.88 Å². The first-order chi connectivity index (χ1) is 21.7. The van der Waals surface area contributed by atoms with Crippen molar-refractivity contribution in [2.24, 2.45) is 16.0 Å². The fraction of sp³-hybridized carbons (Fsp3) is 0.0800. The third kappa shape index (κ3) is 9.37. The number of nitrogens with zero attached hydrogens (tertiary/aromatic N) is 5. The van der Waals surface area contributed by atoms with E-state index in [1.54, 1.807) is 0 Å². The first-order valence-electron chi connectivity index (χ1n) is 12.2. The molecule has 4 rings (SSSR count). The van der Waals surface area contributed by atoms with E-state index in [1.807, 2.05) is 0 Å². The van der Waals surface area contributed by atoms with Crippen molar-refractivity contribution >= 4 is 68.0 Å². The van der Waals surface area contributed by atoms with Gasteiger partial charge < -0.3 is 35.8 Å². The van der Waals surface area contributed by atoms with Crippen LogP contribution < -0.4 is 80.6 Å². The van der Waals surface area contributed by atoms with E-state index in [4.69, 9.17) is 5.73 Å². The van der Waals surface area contributed by atoms with Gasteiger partial charge in [-0.15, -0.1) is 10.2 Å². The number of benzene rings is 2. The minimum atomic E-state index is -5.12.